The van der Waals surface area contributed by atoms with Gasteiger partial charge < -0.3 is 0 Å². The van der Waals surface area contributed by atoms with Crippen LogP contribution in [0.1, 0.15) is 26.7 Å². The van der Waals surface area contributed by atoms with Gasteiger partial charge in [0.15, 0.2) is 0 Å². The van der Waals surface area contributed by atoms with Crippen LogP contribution in [0.3, 0.4) is 0 Å². The fraction of sp³-hybridized carbons (Fsp3) is 0.0556. The number of benzene rings is 10. The first-order valence-corrected chi connectivity index (χ1v) is 29.0. The second kappa shape index (κ2) is 22.7. The van der Waals surface area contributed by atoms with Gasteiger partial charge in [-0.15, -0.1) is 20.1 Å². The predicted molar refractivity (Wildman–Crippen MR) is 323 cm³/mol. The lowest BCUT2D eigenvalue weighted by molar-refractivity contribution is 1.03. The minimum atomic E-state index is -2.00. The van der Waals surface area contributed by atoms with E-state index in [0.717, 1.165) is 23.3 Å². The molecule has 0 amide bonds. The molecule has 0 unspecified atom stereocenters. The van der Waals surface area contributed by atoms with Crippen LogP contribution in [0.25, 0.3) is 55.3 Å². The van der Waals surface area contributed by atoms with Gasteiger partial charge in [0.25, 0.3) is 0 Å². The minimum Gasteiger partial charge on any atom is -0.133 e. The SMILES string of the molecule is C=C/C=C(\C=C)S(c1ccccc1)(c1ccccc1)c1ccc(-c2c(-c3ccc(S(C4=CCCC=C4)(c4ccccc4)c4ccccc4)cc3)c(-c3ccccc3)c3ccccc3c2-c2ccccc2)cc1.CC. The van der Waals surface area contributed by atoms with Crippen molar-refractivity contribution in [2.75, 3.05) is 0 Å². The quantitative estimate of drug-likeness (QED) is 0.0953. The highest BCUT2D eigenvalue weighted by molar-refractivity contribution is 8.37. The summed E-state index contributed by atoms with van der Waals surface area (Å²) < 4.78 is 0. The van der Waals surface area contributed by atoms with Crippen LogP contribution in [0.2, 0.25) is 0 Å². The molecule has 11 rings (SSSR count). The molecule has 1 aliphatic rings. The monoisotopic (exact) mass is 990 g/mol. The summed E-state index contributed by atoms with van der Waals surface area (Å²) >= 11 is 0. The van der Waals surface area contributed by atoms with E-state index in [2.05, 4.69) is 292 Å². The normalized spacial score (nSPS) is 13.0. The molecule has 0 N–H and O–H groups in total. The molecule has 0 aliphatic heterocycles. The van der Waals surface area contributed by atoms with Crippen LogP contribution in [0.5, 0.6) is 0 Å². The Balaban J connectivity index is 0.00000309. The molecule has 74 heavy (non-hydrogen) atoms. The summed E-state index contributed by atoms with van der Waals surface area (Å²) in [5.41, 5.74) is 9.51. The van der Waals surface area contributed by atoms with Crippen LogP contribution in [-0.2, 0) is 0 Å². The van der Waals surface area contributed by atoms with E-state index in [9.17, 15) is 0 Å². The first-order valence-electron chi connectivity index (χ1n) is 25.8. The van der Waals surface area contributed by atoms with Crippen molar-refractivity contribution in [3.8, 4) is 44.5 Å². The molecular formula is C72H62S2. The fourth-order valence-electron chi connectivity index (χ4n) is 10.8. The topological polar surface area (TPSA) is 0 Å². The Hall–Kier alpha value is -8.14. The third-order valence-corrected chi connectivity index (χ3v) is 21.8. The van der Waals surface area contributed by atoms with Gasteiger partial charge in [-0.2, -0.15) is 0 Å². The van der Waals surface area contributed by atoms with Gasteiger partial charge in [0, 0.05) is 34.3 Å². The number of hydrogen-bond acceptors (Lipinski definition) is 0. The Labute approximate surface area is 442 Å². The van der Waals surface area contributed by atoms with Crippen LogP contribution < -0.4 is 0 Å². The van der Waals surface area contributed by atoms with Crippen molar-refractivity contribution in [2.45, 2.75) is 56.1 Å². The highest BCUT2D eigenvalue weighted by Gasteiger charge is 2.36. The van der Waals surface area contributed by atoms with Gasteiger partial charge in [-0.05, 0) is 152 Å². The van der Waals surface area contributed by atoms with Crippen molar-refractivity contribution in [3.05, 3.63) is 314 Å². The zero-order valence-corrected chi connectivity index (χ0v) is 44.0. The number of hydrogen-bond donors (Lipinski definition) is 0. The van der Waals surface area contributed by atoms with Crippen LogP contribution in [0, 0.1) is 0 Å². The molecule has 0 saturated heterocycles. The molecule has 0 spiro atoms. The van der Waals surface area contributed by atoms with E-state index in [1.165, 1.54) is 84.0 Å². The van der Waals surface area contributed by atoms with Crippen molar-refractivity contribution < 1.29 is 0 Å². The summed E-state index contributed by atoms with van der Waals surface area (Å²) in [5, 5.41) is 2.43. The first-order chi connectivity index (χ1) is 36.7. The third kappa shape index (κ3) is 8.96. The predicted octanol–water partition coefficient (Wildman–Crippen LogP) is 21.6. The molecular weight excluding hydrogens is 929 g/mol. The maximum atomic E-state index is 4.43. The lowest BCUT2D eigenvalue weighted by Crippen LogP contribution is -2.07. The van der Waals surface area contributed by atoms with Crippen molar-refractivity contribution in [1.29, 1.82) is 0 Å². The van der Waals surface area contributed by atoms with Gasteiger partial charge >= 0.3 is 0 Å². The number of allylic oxidation sites excluding steroid dienone is 6. The van der Waals surface area contributed by atoms with E-state index in [0.29, 0.717) is 0 Å². The van der Waals surface area contributed by atoms with E-state index in [1.807, 2.05) is 26.0 Å². The van der Waals surface area contributed by atoms with Gasteiger partial charge in [-0.25, -0.2) is 0 Å². The Bertz CT molecular complexity index is 3520. The maximum absolute atomic E-state index is 4.43. The summed E-state index contributed by atoms with van der Waals surface area (Å²) in [4.78, 5) is 10.2. The standard InChI is InChI=1S/C70H56S2.C2H6/c1-3-28-57(4-2)71(58-33-16-7-17-34-58,59-35-18-8-19-36-59)63-49-45-55(46-50-63)69-67(53-29-12-5-13-30-53)65-43-26-27-44-66(65)68(54-31-14-6-15-32-54)70(69)56-47-51-64(52-48-56)72(60-37-20-9-21-38-60,61-39-22-10-23-40-61)62-41-24-11-25-42-62;1-2/h3-10,12-24,26-52H,1-2,11,25H2;1-2H3/b57-28+;. The number of rotatable bonds is 14. The largest absolute Gasteiger partial charge is 0.133 e. The van der Waals surface area contributed by atoms with Crippen LogP contribution >= 0.6 is 20.1 Å². The lowest BCUT2D eigenvalue weighted by Gasteiger charge is -2.43. The van der Waals surface area contributed by atoms with Crippen molar-refractivity contribution >= 4 is 30.8 Å². The molecule has 0 radical (unpaired) electrons. The summed E-state index contributed by atoms with van der Waals surface area (Å²) in [7, 11) is -3.87. The zero-order valence-electron chi connectivity index (χ0n) is 42.4. The molecule has 10 aromatic rings. The summed E-state index contributed by atoms with van der Waals surface area (Å²) in [6.45, 7) is 12.6. The Kier molecular flexibility index (Phi) is 15.2. The fourth-order valence-corrected chi connectivity index (χ4v) is 18.7. The van der Waals surface area contributed by atoms with Gasteiger partial charge in [0.2, 0.25) is 0 Å². The smallest absolute Gasteiger partial charge is 0.00233 e. The second-order valence-corrected chi connectivity index (χ2v) is 24.1. The summed E-state index contributed by atoms with van der Waals surface area (Å²) in [6.07, 6.45) is 15.4. The third-order valence-electron chi connectivity index (χ3n) is 13.9. The van der Waals surface area contributed by atoms with Gasteiger partial charge in [0.05, 0.1) is 0 Å². The molecule has 1 aliphatic carbocycles. The Morgan fingerprint density at radius 2 is 0.703 bits per heavy atom. The molecule has 0 atom stereocenters. The molecule has 0 fully saturated rings. The molecule has 2 heteroatoms. The average Bonchev–Trinajstić information content (AvgIpc) is 3.50. The summed E-state index contributed by atoms with van der Waals surface area (Å²) in [5.74, 6) is 0. The van der Waals surface area contributed by atoms with Crippen molar-refractivity contribution in [2.24, 2.45) is 0 Å². The molecule has 0 bridgehead atoms. The van der Waals surface area contributed by atoms with Crippen LogP contribution in [0.15, 0.2) is 344 Å². The van der Waals surface area contributed by atoms with Gasteiger partial charge in [-0.3, -0.25) is 0 Å². The Morgan fingerprint density at radius 3 is 1.08 bits per heavy atom. The lowest BCUT2D eigenvalue weighted by atomic mass is 9.79. The van der Waals surface area contributed by atoms with Crippen LogP contribution in [0.4, 0.5) is 0 Å². The van der Waals surface area contributed by atoms with Gasteiger partial charge in [0.1, 0.15) is 0 Å². The average molecular weight is 991 g/mol. The maximum Gasteiger partial charge on any atom is 0.00233 e. The first kappa shape index (κ1) is 49.4. The molecule has 0 heterocycles. The highest BCUT2D eigenvalue weighted by atomic mass is 32.3. The molecule has 362 valence electrons. The van der Waals surface area contributed by atoms with E-state index >= 15 is 0 Å². The van der Waals surface area contributed by atoms with Crippen molar-refractivity contribution in [1.82, 2.24) is 0 Å². The second-order valence-electron chi connectivity index (χ2n) is 17.9. The molecule has 0 saturated carbocycles. The van der Waals surface area contributed by atoms with Crippen molar-refractivity contribution in [3.63, 3.8) is 0 Å². The minimum absolute atomic E-state index is 1.03. The zero-order chi connectivity index (χ0) is 50.7. The van der Waals surface area contributed by atoms with E-state index in [4.69, 9.17) is 0 Å². The summed E-state index contributed by atoms with van der Waals surface area (Å²) in [6, 6.07) is 94.5. The van der Waals surface area contributed by atoms with E-state index < -0.39 is 20.1 Å². The molecule has 0 nitrogen and oxygen atoms in total. The molecule has 0 aromatic heterocycles. The Morgan fingerprint density at radius 1 is 0.365 bits per heavy atom. The van der Waals surface area contributed by atoms with Gasteiger partial charge in [-0.1, -0.05) is 239 Å². The van der Waals surface area contributed by atoms with E-state index in [1.54, 1.807) is 0 Å². The van der Waals surface area contributed by atoms with Crippen LogP contribution in [-0.4, -0.2) is 0 Å². The molecule has 10 aromatic carbocycles. The highest BCUT2D eigenvalue weighted by Crippen LogP contribution is 2.75. The van der Waals surface area contributed by atoms with E-state index in [-0.39, 0.29) is 0 Å². The number of fused-ring (bicyclic) bond motifs is 1.